The number of benzene rings is 1. The van der Waals surface area contributed by atoms with Gasteiger partial charge >= 0.3 is 12.0 Å². The third-order valence-corrected chi connectivity index (χ3v) is 3.21. The van der Waals surface area contributed by atoms with E-state index in [2.05, 4.69) is 14.7 Å². The molecule has 0 unspecified atom stereocenters. The number of carbonyl (C=O) groups excluding carboxylic acids is 1. The summed E-state index contributed by atoms with van der Waals surface area (Å²) in [5.74, 6) is -0.286. The second kappa shape index (κ2) is 7.96. The first kappa shape index (κ1) is 17.3. The second-order valence-corrected chi connectivity index (χ2v) is 4.81. The van der Waals surface area contributed by atoms with Gasteiger partial charge < -0.3 is 19.3 Å². The van der Waals surface area contributed by atoms with E-state index in [1.54, 1.807) is 37.3 Å². The first-order valence-corrected chi connectivity index (χ1v) is 7.12. The number of esters is 1. The Labute approximate surface area is 139 Å². The number of rotatable bonds is 6. The molecule has 1 aromatic heterocycles. The van der Waals surface area contributed by atoms with E-state index in [1.165, 1.54) is 14.2 Å². The van der Waals surface area contributed by atoms with E-state index in [9.17, 15) is 9.90 Å². The highest BCUT2D eigenvalue weighted by molar-refractivity contribution is 6.16. The number of aryl methyl sites for hydroxylation is 1. The van der Waals surface area contributed by atoms with Crippen molar-refractivity contribution in [3.05, 3.63) is 53.4 Å². The van der Waals surface area contributed by atoms with E-state index < -0.39 is 5.97 Å². The molecule has 0 saturated heterocycles. The number of aliphatic hydroxyl groups is 1. The molecule has 7 heteroatoms. The fourth-order valence-corrected chi connectivity index (χ4v) is 2.08. The third-order valence-electron chi connectivity index (χ3n) is 3.21. The molecule has 2 rings (SSSR count). The summed E-state index contributed by atoms with van der Waals surface area (Å²) in [5, 5.41) is 9.35. The zero-order chi connectivity index (χ0) is 17.5. The summed E-state index contributed by atoms with van der Waals surface area (Å²) in [6.07, 6.45) is 0.725. The minimum absolute atomic E-state index is 0.0492. The Kier molecular flexibility index (Phi) is 5.73. The van der Waals surface area contributed by atoms with Crippen molar-refractivity contribution in [3.8, 4) is 11.9 Å². The summed E-state index contributed by atoms with van der Waals surface area (Å²) in [4.78, 5) is 20.0. The quantitative estimate of drug-likeness (QED) is 0.494. The maximum atomic E-state index is 11.8. The number of ether oxygens (including phenoxy) is 3. The van der Waals surface area contributed by atoms with Crippen LogP contribution in [0, 0.1) is 6.92 Å². The maximum absolute atomic E-state index is 11.8. The summed E-state index contributed by atoms with van der Waals surface area (Å²) in [6.45, 7) is 1.94. The van der Waals surface area contributed by atoms with E-state index in [-0.39, 0.29) is 18.2 Å². The molecule has 0 aliphatic heterocycles. The molecule has 0 aliphatic carbocycles. The molecule has 0 aliphatic rings. The molecule has 0 radical (unpaired) electrons. The standard InChI is InChI=1S/C17H18N2O5/c1-11-8-15(19-17(18-11)23-3)24-10-12-6-4-5-7-13(12)14(9-20)16(21)22-2/h4-9,20H,10H2,1-3H3. The van der Waals surface area contributed by atoms with Gasteiger partial charge in [-0.05, 0) is 18.1 Å². The Balaban J connectivity index is 2.25. The van der Waals surface area contributed by atoms with Crippen LogP contribution >= 0.6 is 0 Å². The smallest absolute Gasteiger partial charge is 0.341 e. The monoisotopic (exact) mass is 330 g/mol. The highest BCUT2D eigenvalue weighted by atomic mass is 16.5. The molecular weight excluding hydrogens is 312 g/mol. The van der Waals surface area contributed by atoms with E-state index >= 15 is 0 Å². The molecule has 1 aromatic carbocycles. The van der Waals surface area contributed by atoms with Gasteiger partial charge in [0.2, 0.25) is 5.88 Å². The largest absolute Gasteiger partial charge is 0.515 e. The summed E-state index contributed by atoms with van der Waals surface area (Å²) in [6, 6.07) is 8.93. The molecular formula is C17H18N2O5. The van der Waals surface area contributed by atoms with Crippen LogP contribution in [0.15, 0.2) is 36.6 Å². The Morgan fingerprint density at radius 3 is 2.67 bits per heavy atom. The van der Waals surface area contributed by atoms with Gasteiger partial charge in [0.25, 0.3) is 0 Å². The first-order chi connectivity index (χ1) is 11.6. The lowest BCUT2D eigenvalue weighted by Gasteiger charge is -2.12. The Morgan fingerprint density at radius 1 is 1.25 bits per heavy atom. The average Bonchev–Trinajstić information content (AvgIpc) is 2.60. The Morgan fingerprint density at radius 2 is 2.00 bits per heavy atom. The van der Waals surface area contributed by atoms with Crippen LogP contribution < -0.4 is 9.47 Å². The Bertz CT molecular complexity index is 758. The summed E-state index contributed by atoms with van der Waals surface area (Å²) >= 11 is 0. The van der Waals surface area contributed by atoms with Crippen LogP contribution in [-0.2, 0) is 16.1 Å². The molecule has 7 nitrogen and oxygen atoms in total. The fourth-order valence-electron chi connectivity index (χ4n) is 2.08. The summed E-state index contributed by atoms with van der Waals surface area (Å²) in [7, 11) is 2.73. The summed E-state index contributed by atoms with van der Waals surface area (Å²) in [5.41, 5.74) is 1.96. The fraction of sp³-hybridized carbons (Fsp3) is 0.235. The highest BCUT2D eigenvalue weighted by Gasteiger charge is 2.16. The molecule has 0 spiro atoms. The normalized spacial score (nSPS) is 11.0. The van der Waals surface area contributed by atoms with Gasteiger partial charge in [-0.3, -0.25) is 0 Å². The number of hydrogen-bond acceptors (Lipinski definition) is 7. The predicted molar refractivity (Wildman–Crippen MR) is 86.7 cm³/mol. The molecule has 0 bridgehead atoms. The lowest BCUT2D eigenvalue weighted by atomic mass is 10.0. The second-order valence-electron chi connectivity index (χ2n) is 4.81. The van der Waals surface area contributed by atoms with Crippen LogP contribution in [0.25, 0.3) is 5.57 Å². The number of hydrogen-bond donors (Lipinski definition) is 1. The number of carbonyl (C=O) groups is 1. The number of aliphatic hydroxyl groups excluding tert-OH is 1. The van der Waals surface area contributed by atoms with Crippen LogP contribution in [0.1, 0.15) is 16.8 Å². The number of methoxy groups -OCH3 is 2. The summed E-state index contributed by atoms with van der Waals surface area (Å²) < 4.78 is 15.4. The lowest BCUT2D eigenvalue weighted by Crippen LogP contribution is -2.08. The van der Waals surface area contributed by atoms with Crippen LogP contribution in [0.5, 0.6) is 11.9 Å². The van der Waals surface area contributed by atoms with Crippen molar-refractivity contribution in [1.29, 1.82) is 0 Å². The van der Waals surface area contributed by atoms with Gasteiger partial charge in [-0.15, -0.1) is 0 Å². The minimum Gasteiger partial charge on any atom is -0.515 e. The first-order valence-electron chi connectivity index (χ1n) is 7.12. The molecule has 2 aromatic rings. The van der Waals surface area contributed by atoms with Crippen molar-refractivity contribution in [1.82, 2.24) is 9.97 Å². The Hall–Kier alpha value is -3.09. The molecule has 0 saturated carbocycles. The third kappa shape index (κ3) is 4.01. The van der Waals surface area contributed by atoms with Crippen molar-refractivity contribution >= 4 is 11.5 Å². The zero-order valence-corrected chi connectivity index (χ0v) is 13.6. The van der Waals surface area contributed by atoms with Gasteiger partial charge in [-0.2, -0.15) is 4.98 Å². The molecule has 0 amide bonds. The molecule has 1 N–H and O–H groups in total. The van der Waals surface area contributed by atoms with Crippen LogP contribution in [-0.4, -0.2) is 35.3 Å². The van der Waals surface area contributed by atoms with Gasteiger partial charge in [0, 0.05) is 11.8 Å². The zero-order valence-electron chi connectivity index (χ0n) is 13.6. The van der Waals surface area contributed by atoms with Crippen LogP contribution in [0.4, 0.5) is 0 Å². The molecule has 0 atom stereocenters. The van der Waals surface area contributed by atoms with E-state index in [0.29, 0.717) is 22.7 Å². The van der Waals surface area contributed by atoms with Gasteiger partial charge in [-0.25, -0.2) is 9.78 Å². The van der Waals surface area contributed by atoms with E-state index in [4.69, 9.17) is 9.47 Å². The molecule has 1 heterocycles. The topological polar surface area (TPSA) is 90.8 Å². The average molecular weight is 330 g/mol. The van der Waals surface area contributed by atoms with Crippen LogP contribution in [0.2, 0.25) is 0 Å². The van der Waals surface area contributed by atoms with E-state index in [1.807, 2.05) is 0 Å². The van der Waals surface area contributed by atoms with Crippen molar-refractivity contribution in [2.24, 2.45) is 0 Å². The predicted octanol–water partition coefficient (Wildman–Crippen LogP) is 2.44. The van der Waals surface area contributed by atoms with Crippen LogP contribution in [0.3, 0.4) is 0 Å². The van der Waals surface area contributed by atoms with Gasteiger partial charge in [0.1, 0.15) is 12.2 Å². The van der Waals surface area contributed by atoms with Crippen molar-refractivity contribution < 1.29 is 24.1 Å². The number of aromatic nitrogens is 2. The van der Waals surface area contributed by atoms with Gasteiger partial charge in [-0.1, -0.05) is 24.3 Å². The van der Waals surface area contributed by atoms with E-state index in [0.717, 1.165) is 6.26 Å². The highest BCUT2D eigenvalue weighted by Crippen LogP contribution is 2.22. The van der Waals surface area contributed by atoms with Gasteiger partial charge in [0.15, 0.2) is 0 Å². The molecule has 126 valence electrons. The van der Waals surface area contributed by atoms with Crippen molar-refractivity contribution in [3.63, 3.8) is 0 Å². The van der Waals surface area contributed by atoms with Crippen molar-refractivity contribution in [2.45, 2.75) is 13.5 Å². The number of nitrogens with zero attached hydrogens (tertiary/aromatic N) is 2. The van der Waals surface area contributed by atoms with Gasteiger partial charge in [0.05, 0.1) is 20.5 Å². The maximum Gasteiger partial charge on any atom is 0.341 e. The SMILES string of the molecule is COC(=O)C(=CO)c1ccccc1COc1cc(C)nc(OC)n1. The minimum atomic E-state index is -0.635. The van der Waals surface area contributed by atoms with Crippen molar-refractivity contribution in [2.75, 3.05) is 14.2 Å². The molecule has 24 heavy (non-hydrogen) atoms. The molecule has 0 fully saturated rings. The lowest BCUT2D eigenvalue weighted by molar-refractivity contribution is -0.133.